The summed E-state index contributed by atoms with van der Waals surface area (Å²) in [5.74, 6) is -0.295. The van der Waals surface area contributed by atoms with Gasteiger partial charge in [0.25, 0.3) is 0 Å². The number of benzene rings is 1. The molecule has 0 spiro atoms. The summed E-state index contributed by atoms with van der Waals surface area (Å²) in [6, 6.07) is 10.1. The number of rotatable bonds is 2. The largest absolute Gasteiger partial charge is 0.340 e. The Bertz CT molecular complexity index is 536. The van der Waals surface area contributed by atoms with E-state index in [-0.39, 0.29) is 5.97 Å². The van der Waals surface area contributed by atoms with Crippen molar-refractivity contribution in [3.05, 3.63) is 41.5 Å². The Hall–Kier alpha value is -1.90. The first-order valence-corrected chi connectivity index (χ1v) is 7.01. The first kappa shape index (κ1) is 14.5. The van der Waals surface area contributed by atoms with Crippen LogP contribution in [0.1, 0.15) is 45.6 Å². The van der Waals surface area contributed by atoms with Gasteiger partial charge in [-0.05, 0) is 57.2 Å². The molecule has 1 fully saturated rings. The molecule has 0 unspecified atom stereocenters. The normalized spacial score (nSPS) is 19.6. The Morgan fingerprint density at radius 2 is 1.90 bits per heavy atom. The van der Waals surface area contributed by atoms with Gasteiger partial charge in [-0.1, -0.05) is 35.5 Å². The van der Waals surface area contributed by atoms with Gasteiger partial charge in [-0.3, -0.25) is 0 Å². The van der Waals surface area contributed by atoms with Gasteiger partial charge >= 0.3 is 5.97 Å². The van der Waals surface area contributed by atoms with Gasteiger partial charge in [-0.15, -0.1) is 0 Å². The fourth-order valence-corrected chi connectivity index (χ4v) is 1.99. The van der Waals surface area contributed by atoms with Gasteiger partial charge < -0.3 is 4.84 Å². The molecule has 0 amide bonds. The fourth-order valence-electron chi connectivity index (χ4n) is 1.99. The van der Waals surface area contributed by atoms with E-state index in [9.17, 15) is 4.79 Å². The molecule has 0 atom stereocenters. The van der Waals surface area contributed by atoms with Crippen LogP contribution in [0, 0.1) is 5.41 Å². The molecule has 1 aromatic carbocycles. The molecule has 106 valence electrons. The Labute approximate surface area is 120 Å². The number of hydrogen-bond donors (Lipinski definition) is 0. The number of hydrogen-bond acceptors (Lipinski definition) is 3. The predicted octanol–water partition coefficient (Wildman–Crippen LogP) is 4.20. The number of carbonyl (C=O) groups excluding carboxylic acids is 1. The van der Waals surface area contributed by atoms with Crippen molar-refractivity contribution in [3.8, 4) is 0 Å². The van der Waals surface area contributed by atoms with Crippen LogP contribution in [0.15, 0.2) is 41.1 Å². The van der Waals surface area contributed by atoms with Crippen LogP contribution < -0.4 is 0 Å². The fraction of sp³-hybridized carbons (Fsp3) is 0.412. The van der Waals surface area contributed by atoms with Crippen molar-refractivity contribution in [2.45, 2.75) is 40.0 Å². The highest BCUT2D eigenvalue weighted by molar-refractivity contribution is 6.05. The molecule has 3 heteroatoms. The zero-order valence-corrected chi connectivity index (χ0v) is 12.3. The molecule has 1 aliphatic rings. The maximum absolute atomic E-state index is 11.7. The van der Waals surface area contributed by atoms with Gasteiger partial charge in [-0.25, -0.2) is 4.79 Å². The van der Waals surface area contributed by atoms with Gasteiger partial charge in [0.05, 0.1) is 11.1 Å². The zero-order valence-electron chi connectivity index (χ0n) is 12.3. The molecule has 1 aliphatic carbocycles. The molecule has 2 rings (SSSR count). The van der Waals surface area contributed by atoms with Crippen LogP contribution in [-0.4, -0.2) is 11.7 Å². The smallest absolute Gasteiger partial charge is 0.317 e. The van der Waals surface area contributed by atoms with Crippen molar-refractivity contribution in [2.75, 3.05) is 0 Å². The highest BCUT2D eigenvalue weighted by Crippen LogP contribution is 2.25. The molecular weight excluding hydrogens is 250 g/mol. The second-order valence-electron chi connectivity index (χ2n) is 6.10. The number of allylic oxidation sites excluding steroid dienone is 1. The molecule has 1 saturated carbocycles. The molecule has 0 aliphatic heterocycles. The number of nitrogens with zero attached hydrogens (tertiary/aromatic N) is 1. The summed E-state index contributed by atoms with van der Waals surface area (Å²) in [5, 5.41) is 4.07. The van der Waals surface area contributed by atoms with Crippen molar-refractivity contribution in [1.29, 1.82) is 0 Å². The molecule has 20 heavy (non-hydrogen) atoms. The minimum Gasteiger partial charge on any atom is -0.317 e. The van der Waals surface area contributed by atoms with E-state index in [0.717, 1.165) is 36.1 Å². The molecule has 0 N–H and O–H groups in total. The van der Waals surface area contributed by atoms with E-state index in [1.54, 1.807) is 0 Å². The minimum atomic E-state index is -0.522. The average Bonchev–Trinajstić information content (AvgIpc) is 2.83. The third-order valence-corrected chi connectivity index (χ3v) is 3.22. The van der Waals surface area contributed by atoms with E-state index >= 15 is 0 Å². The summed E-state index contributed by atoms with van der Waals surface area (Å²) in [7, 11) is 0. The van der Waals surface area contributed by atoms with Crippen LogP contribution >= 0.6 is 0 Å². The molecule has 3 nitrogen and oxygen atoms in total. The lowest BCUT2D eigenvalue weighted by atomic mass is 9.98. The molecule has 0 aromatic heterocycles. The second-order valence-corrected chi connectivity index (χ2v) is 6.10. The van der Waals surface area contributed by atoms with E-state index in [4.69, 9.17) is 4.84 Å². The van der Waals surface area contributed by atoms with Crippen LogP contribution in [0.5, 0.6) is 0 Å². The Morgan fingerprint density at radius 3 is 2.55 bits per heavy atom. The second kappa shape index (κ2) is 6.04. The van der Waals surface area contributed by atoms with Gasteiger partial charge in [0.15, 0.2) is 0 Å². The van der Waals surface area contributed by atoms with Gasteiger partial charge in [0.2, 0.25) is 0 Å². The topological polar surface area (TPSA) is 38.7 Å². The Morgan fingerprint density at radius 1 is 1.20 bits per heavy atom. The van der Waals surface area contributed by atoms with E-state index in [2.05, 4.69) is 23.4 Å². The summed E-state index contributed by atoms with van der Waals surface area (Å²) in [6.07, 6.45) is 5.04. The van der Waals surface area contributed by atoms with Crippen LogP contribution in [0.3, 0.4) is 0 Å². The van der Waals surface area contributed by atoms with Crippen molar-refractivity contribution in [2.24, 2.45) is 10.6 Å². The van der Waals surface area contributed by atoms with E-state index in [0.29, 0.717) is 0 Å². The molecule has 0 heterocycles. The monoisotopic (exact) mass is 271 g/mol. The zero-order chi connectivity index (χ0) is 14.6. The van der Waals surface area contributed by atoms with Gasteiger partial charge in [-0.2, -0.15) is 0 Å². The van der Waals surface area contributed by atoms with Crippen LogP contribution in [0.4, 0.5) is 0 Å². The van der Waals surface area contributed by atoms with Crippen LogP contribution in [0.25, 0.3) is 6.08 Å². The van der Waals surface area contributed by atoms with Gasteiger partial charge in [0, 0.05) is 0 Å². The SMILES string of the molecule is CC(C)(C)C(=O)O/N=C1\CCC\C1=C/c1ccccc1. The molecule has 0 saturated heterocycles. The van der Waals surface area contributed by atoms with E-state index < -0.39 is 5.41 Å². The summed E-state index contributed by atoms with van der Waals surface area (Å²) >= 11 is 0. The quantitative estimate of drug-likeness (QED) is 0.597. The highest BCUT2D eigenvalue weighted by Gasteiger charge is 2.24. The maximum atomic E-state index is 11.7. The van der Waals surface area contributed by atoms with Crippen molar-refractivity contribution in [3.63, 3.8) is 0 Å². The first-order chi connectivity index (χ1) is 9.47. The van der Waals surface area contributed by atoms with Gasteiger partial charge in [0.1, 0.15) is 0 Å². The standard InChI is InChI=1S/C17H21NO2/c1-17(2,3)16(19)20-18-15-11-7-10-14(15)12-13-8-5-4-6-9-13/h4-6,8-9,12H,7,10-11H2,1-3H3/b14-12+,18-15+. The van der Waals surface area contributed by atoms with E-state index in [1.165, 1.54) is 0 Å². The lowest BCUT2D eigenvalue weighted by Gasteiger charge is -2.13. The number of carbonyl (C=O) groups is 1. The average molecular weight is 271 g/mol. The van der Waals surface area contributed by atoms with Crippen LogP contribution in [0.2, 0.25) is 0 Å². The molecular formula is C17H21NO2. The summed E-state index contributed by atoms with van der Waals surface area (Å²) in [5.41, 5.74) is 2.69. The third kappa shape index (κ3) is 3.80. The van der Waals surface area contributed by atoms with E-state index in [1.807, 2.05) is 39.0 Å². The molecule has 0 radical (unpaired) electrons. The summed E-state index contributed by atoms with van der Waals surface area (Å²) in [4.78, 5) is 16.8. The molecule has 0 bridgehead atoms. The van der Waals surface area contributed by atoms with Crippen LogP contribution in [-0.2, 0) is 9.63 Å². The summed E-state index contributed by atoms with van der Waals surface area (Å²) < 4.78 is 0. The predicted molar refractivity (Wildman–Crippen MR) is 81.3 cm³/mol. The van der Waals surface area contributed by atoms with Crippen molar-refractivity contribution < 1.29 is 9.63 Å². The number of oxime groups is 1. The maximum Gasteiger partial charge on any atom is 0.340 e. The minimum absolute atomic E-state index is 0.295. The molecule has 1 aromatic rings. The Balaban J connectivity index is 2.12. The Kier molecular flexibility index (Phi) is 4.38. The lowest BCUT2D eigenvalue weighted by molar-refractivity contribution is -0.152. The summed E-state index contributed by atoms with van der Waals surface area (Å²) in [6.45, 7) is 5.47. The highest BCUT2D eigenvalue weighted by atomic mass is 16.7. The first-order valence-electron chi connectivity index (χ1n) is 7.01. The lowest BCUT2D eigenvalue weighted by Crippen LogP contribution is -2.21. The third-order valence-electron chi connectivity index (χ3n) is 3.22. The van der Waals surface area contributed by atoms with Crippen molar-refractivity contribution >= 4 is 17.8 Å². The van der Waals surface area contributed by atoms with Crippen molar-refractivity contribution in [1.82, 2.24) is 0 Å².